The minimum absolute atomic E-state index is 0.283. The third-order valence-electron chi connectivity index (χ3n) is 5.97. The minimum Gasteiger partial charge on any atom is -0.265 e. The van der Waals surface area contributed by atoms with Gasteiger partial charge in [-0.15, -0.1) is 11.3 Å². The summed E-state index contributed by atoms with van der Waals surface area (Å²) >= 11 is 1.80. The fourth-order valence-corrected chi connectivity index (χ4v) is 7.26. The van der Waals surface area contributed by atoms with Crippen LogP contribution in [0.5, 0.6) is 0 Å². The molecule has 1 atom stereocenters. The van der Waals surface area contributed by atoms with Gasteiger partial charge in [0.25, 0.3) is 10.0 Å². The number of hydrogen-bond acceptors (Lipinski definition) is 3. The predicted octanol–water partition coefficient (Wildman–Crippen LogP) is 5.92. The lowest BCUT2D eigenvalue weighted by atomic mass is 9.81. The van der Waals surface area contributed by atoms with Gasteiger partial charge in [-0.1, -0.05) is 61.0 Å². The minimum atomic E-state index is -3.62. The molecule has 0 bridgehead atoms. The fourth-order valence-electron chi connectivity index (χ4n) is 4.40. The number of hydrogen-bond donors (Lipinski definition) is 0. The molecule has 152 valence electrons. The summed E-state index contributed by atoms with van der Waals surface area (Å²) in [5.41, 5.74) is 2.65. The third-order valence-corrected chi connectivity index (χ3v) is 8.86. The van der Waals surface area contributed by atoms with Crippen molar-refractivity contribution >= 4 is 37.1 Å². The van der Waals surface area contributed by atoms with E-state index in [-0.39, 0.29) is 5.41 Å². The lowest BCUT2D eigenvalue weighted by molar-refractivity contribution is 0.508. The maximum Gasteiger partial charge on any atom is 0.264 e. The zero-order chi connectivity index (χ0) is 20.9. The average molecular weight is 434 g/mol. The molecule has 30 heavy (non-hydrogen) atoms. The van der Waals surface area contributed by atoms with Gasteiger partial charge in [-0.05, 0) is 54.6 Å². The standard InChI is InChI=1S/C25H23NO2S2/c1-18-11-13-21(14-12-18)30(27,28)26-17-25(2,22-8-4-5-9-23(22)26)16-20-15-19-7-3-6-10-24(19)29-20/h3-15H,16-17H2,1-2H3. The van der Waals surface area contributed by atoms with Crippen LogP contribution in [0.15, 0.2) is 83.8 Å². The number of thiophene rings is 1. The van der Waals surface area contributed by atoms with E-state index in [0.29, 0.717) is 11.4 Å². The maximum atomic E-state index is 13.5. The Morgan fingerprint density at radius 1 is 0.967 bits per heavy atom. The highest BCUT2D eigenvalue weighted by molar-refractivity contribution is 7.92. The van der Waals surface area contributed by atoms with Gasteiger partial charge in [0.05, 0.1) is 10.6 Å². The van der Waals surface area contributed by atoms with Gasteiger partial charge in [-0.3, -0.25) is 4.31 Å². The summed E-state index contributed by atoms with van der Waals surface area (Å²) in [6.45, 7) is 4.58. The van der Waals surface area contributed by atoms with Gasteiger partial charge < -0.3 is 0 Å². The average Bonchev–Trinajstić information content (AvgIpc) is 3.27. The molecular formula is C25H23NO2S2. The Kier molecular flexibility index (Phi) is 4.49. The molecule has 1 aromatic heterocycles. The van der Waals surface area contributed by atoms with Crippen LogP contribution < -0.4 is 4.31 Å². The molecule has 5 rings (SSSR count). The molecule has 0 radical (unpaired) electrons. The molecule has 1 aliphatic rings. The van der Waals surface area contributed by atoms with Crippen LogP contribution in [-0.2, 0) is 21.9 Å². The van der Waals surface area contributed by atoms with Crippen molar-refractivity contribution in [1.29, 1.82) is 0 Å². The highest BCUT2D eigenvalue weighted by atomic mass is 32.2. The van der Waals surface area contributed by atoms with Gasteiger partial charge in [-0.2, -0.15) is 0 Å². The second-order valence-corrected chi connectivity index (χ2v) is 11.4. The van der Waals surface area contributed by atoms with Gasteiger partial charge >= 0.3 is 0 Å². The Hall–Kier alpha value is -2.63. The quantitative estimate of drug-likeness (QED) is 0.401. The Labute approximate surface area is 181 Å². The first kappa shape index (κ1) is 19.3. The molecule has 0 saturated carbocycles. The van der Waals surface area contributed by atoms with Crippen molar-refractivity contribution in [3.8, 4) is 0 Å². The first-order valence-corrected chi connectivity index (χ1v) is 12.3. The van der Waals surface area contributed by atoms with Crippen molar-refractivity contribution in [2.75, 3.05) is 10.8 Å². The Bertz CT molecular complexity index is 1310. The summed E-state index contributed by atoms with van der Waals surface area (Å²) in [5.74, 6) is 0. The van der Waals surface area contributed by atoms with Crippen LogP contribution in [-0.4, -0.2) is 15.0 Å². The lowest BCUT2D eigenvalue weighted by Crippen LogP contribution is -2.36. The van der Waals surface area contributed by atoms with Crippen LogP contribution in [0.2, 0.25) is 0 Å². The van der Waals surface area contributed by atoms with Crippen LogP contribution in [0, 0.1) is 6.92 Å². The molecule has 2 heterocycles. The number of nitrogens with zero attached hydrogens (tertiary/aromatic N) is 1. The van der Waals surface area contributed by atoms with E-state index in [2.05, 4.69) is 43.3 Å². The Balaban J connectivity index is 1.55. The molecule has 5 heteroatoms. The summed E-state index contributed by atoms with van der Waals surface area (Å²) in [4.78, 5) is 1.62. The van der Waals surface area contributed by atoms with Gasteiger partial charge in [0.15, 0.2) is 0 Å². The van der Waals surface area contributed by atoms with Crippen LogP contribution in [0.3, 0.4) is 0 Å². The summed E-state index contributed by atoms with van der Waals surface area (Å²) in [6, 6.07) is 25.7. The van der Waals surface area contributed by atoms with Gasteiger partial charge in [0, 0.05) is 21.5 Å². The van der Waals surface area contributed by atoms with E-state index in [4.69, 9.17) is 0 Å². The van der Waals surface area contributed by atoms with Crippen molar-refractivity contribution < 1.29 is 8.42 Å². The van der Waals surface area contributed by atoms with Crippen molar-refractivity contribution in [3.63, 3.8) is 0 Å². The number of rotatable bonds is 4. The smallest absolute Gasteiger partial charge is 0.264 e. The molecule has 4 aromatic rings. The monoisotopic (exact) mass is 433 g/mol. The van der Waals surface area contributed by atoms with Crippen LogP contribution in [0.4, 0.5) is 5.69 Å². The lowest BCUT2D eigenvalue weighted by Gasteiger charge is -2.26. The maximum absolute atomic E-state index is 13.5. The van der Waals surface area contributed by atoms with Crippen molar-refractivity contribution in [2.45, 2.75) is 30.6 Å². The number of anilines is 1. The number of aryl methyl sites for hydroxylation is 1. The molecule has 0 N–H and O–H groups in total. The molecule has 0 fully saturated rings. The van der Waals surface area contributed by atoms with Crippen LogP contribution in [0.1, 0.15) is 22.9 Å². The molecule has 1 aliphatic heterocycles. The fraction of sp³-hybridized carbons (Fsp3) is 0.200. The topological polar surface area (TPSA) is 37.4 Å². The molecule has 1 unspecified atom stereocenters. The van der Waals surface area contributed by atoms with Gasteiger partial charge in [0.1, 0.15) is 0 Å². The SMILES string of the molecule is Cc1ccc(S(=O)(=O)N2CC(C)(Cc3cc4ccccc4s3)c3ccccc32)cc1. The molecule has 0 aliphatic carbocycles. The van der Waals surface area contributed by atoms with Crippen LogP contribution in [0.25, 0.3) is 10.1 Å². The first-order chi connectivity index (χ1) is 14.4. The summed E-state index contributed by atoms with van der Waals surface area (Å²) in [5, 5.41) is 1.25. The zero-order valence-electron chi connectivity index (χ0n) is 17.0. The van der Waals surface area contributed by atoms with Crippen molar-refractivity contribution in [2.24, 2.45) is 0 Å². The van der Waals surface area contributed by atoms with Crippen molar-refractivity contribution in [1.82, 2.24) is 0 Å². The Morgan fingerprint density at radius 3 is 2.43 bits per heavy atom. The normalized spacial score (nSPS) is 18.7. The molecule has 0 spiro atoms. The zero-order valence-corrected chi connectivity index (χ0v) is 18.6. The largest absolute Gasteiger partial charge is 0.265 e. The van der Waals surface area contributed by atoms with E-state index in [0.717, 1.165) is 23.2 Å². The Morgan fingerprint density at radius 2 is 1.67 bits per heavy atom. The molecule has 3 aromatic carbocycles. The molecule has 0 saturated heterocycles. The highest BCUT2D eigenvalue weighted by Gasteiger charge is 2.44. The summed E-state index contributed by atoms with van der Waals surface area (Å²) < 4.78 is 29.9. The van der Waals surface area contributed by atoms with Gasteiger partial charge in [-0.25, -0.2) is 8.42 Å². The second kappa shape index (κ2) is 6.96. The van der Waals surface area contributed by atoms with E-state index >= 15 is 0 Å². The van der Waals surface area contributed by atoms with Crippen molar-refractivity contribution in [3.05, 3.63) is 94.9 Å². The highest BCUT2D eigenvalue weighted by Crippen LogP contribution is 2.46. The van der Waals surface area contributed by atoms with E-state index in [1.807, 2.05) is 37.3 Å². The number of fused-ring (bicyclic) bond motifs is 2. The summed E-state index contributed by atoms with van der Waals surface area (Å²) in [6.07, 6.45) is 0.809. The van der Waals surface area contributed by atoms with E-state index < -0.39 is 10.0 Å². The summed E-state index contributed by atoms with van der Waals surface area (Å²) in [7, 11) is -3.62. The number of sulfonamides is 1. The van der Waals surface area contributed by atoms with Crippen LogP contribution >= 0.6 is 11.3 Å². The predicted molar refractivity (Wildman–Crippen MR) is 125 cm³/mol. The molecule has 3 nitrogen and oxygen atoms in total. The van der Waals surface area contributed by atoms with E-state index in [1.165, 1.54) is 15.0 Å². The third kappa shape index (κ3) is 3.13. The molecular weight excluding hydrogens is 410 g/mol. The molecule has 0 amide bonds. The number of benzene rings is 3. The second-order valence-electron chi connectivity index (χ2n) is 8.33. The number of para-hydroxylation sites is 1. The van der Waals surface area contributed by atoms with Gasteiger partial charge in [0.2, 0.25) is 0 Å². The van der Waals surface area contributed by atoms with E-state index in [1.54, 1.807) is 27.8 Å². The van der Waals surface area contributed by atoms with E-state index in [9.17, 15) is 8.42 Å². The first-order valence-electron chi connectivity index (χ1n) is 10.0.